The van der Waals surface area contributed by atoms with Crippen molar-refractivity contribution in [1.29, 1.82) is 0 Å². The monoisotopic (exact) mass is 567 g/mol. The molecule has 38 heavy (non-hydrogen) atoms. The van der Waals surface area contributed by atoms with Gasteiger partial charge in [-0.15, -0.1) is 0 Å². The predicted octanol–water partition coefficient (Wildman–Crippen LogP) is 6.64. The number of hydrogen-bond donors (Lipinski definition) is 2. The summed E-state index contributed by atoms with van der Waals surface area (Å²) in [6.45, 7) is 2.75. The van der Waals surface area contributed by atoms with Crippen LogP contribution >= 0.6 is 35.6 Å². The second-order valence-electron chi connectivity index (χ2n) is 10.1. The molecule has 3 heterocycles. The van der Waals surface area contributed by atoms with Crippen LogP contribution in [0.5, 0.6) is 0 Å². The van der Waals surface area contributed by atoms with Gasteiger partial charge in [0.15, 0.2) is 10.3 Å². The summed E-state index contributed by atoms with van der Waals surface area (Å²) in [7, 11) is 0. The second kappa shape index (κ2) is 13.0. The van der Waals surface area contributed by atoms with E-state index in [0.717, 1.165) is 48.3 Å². The number of nitrogens with zero attached hydrogens (tertiary/aromatic N) is 5. The van der Waals surface area contributed by atoms with E-state index in [1.807, 2.05) is 24.3 Å². The normalized spacial score (nSPS) is 17.4. The molecule has 2 aliphatic rings. The molecule has 0 spiro atoms. The van der Waals surface area contributed by atoms with Crippen molar-refractivity contribution >= 4 is 52.5 Å². The summed E-state index contributed by atoms with van der Waals surface area (Å²) >= 11 is 13.4. The minimum atomic E-state index is 0.0367. The lowest BCUT2D eigenvalue weighted by atomic mass is 9.69. The zero-order valence-corrected chi connectivity index (χ0v) is 23.9. The Balaban J connectivity index is 1.32. The molecular formula is C28H34ClN7S2. The Hall–Kier alpha value is -2.49. The highest BCUT2D eigenvalue weighted by Gasteiger charge is 2.34. The van der Waals surface area contributed by atoms with Gasteiger partial charge in [0.25, 0.3) is 0 Å². The van der Waals surface area contributed by atoms with Crippen LogP contribution < -0.4 is 15.5 Å². The SMILES string of the molecule is S=C(NCC1(c2ccc(Cl)cc2)CCCCC1)Nc1nc(Sc2ncccn2)cc(N2CCCCCC2)n1. The first-order valence-corrected chi connectivity index (χ1v) is 15.1. The molecule has 2 N–H and O–H groups in total. The highest BCUT2D eigenvalue weighted by molar-refractivity contribution is 7.99. The van der Waals surface area contributed by atoms with Crippen LogP contribution in [0, 0.1) is 0 Å². The first-order chi connectivity index (χ1) is 18.6. The Labute approximate surface area is 239 Å². The highest BCUT2D eigenvalue weighted by Crippen LogP contribution is 2.39. The van der Waals surface area contributed by atoms with Gasteiger partial charge in [0.1, 0.15) is 10.8 Å². The van der Waals surface area contributed by atoms with Gasteiger partial charge < -0.3 is 15.5 Å². The van der Waals surface area contributed by atoms with E-state index in [9.17, 15) is 0 Å². The zero-order valence-electron chi connectivity index (χ0n) is 21.5. The Morgan fingerprint density at radius 3 is 2.34 bits per heavy atom. The third-order valence-electron chi connectivity index (χ3n) is 7.44. The fourth-order valence-corrected chi connectivity index (χ4v) is 6.41. The van der Waals surface area contributed by atoms with Gasteiger partial charge in [-0.2, -0.15) is 4.98 Å². The van der Waals surface area contributed by atoms with Crippen LogP contribution in [0.1, 0.15) is 63.4 Å². The fourth-order valence-electron chi connectivity index (χ4n) is 5.41. The molecule has 1 aromatic carbocycles. The van der Waals surface area contributed by atoms with E-state index in [4.69, 9.17) is 33.8 Å². The molecular weight excluding hydrogens is 534 g/mol. The van der Waals surface area contributed by atoms with Crippen LogP contribution in [0.3, 0.4) is 0 Å². The third-order valence-corrected chi connectivity index (χ3v) is 8.75. The number of thiocarbonyl (C=S) groups is 1. The van der Waals surface area contributed by atoms with Crippen LogP contribution in [0.15, 0.2) is 59.0 Å². The second-order valence-corrected chi connectivity index (χ2v) is 11.9. The van der Waals surface area contributed by atoms with E-state index in [-0.39, 0.29) is 5.41 Å². The van der Waals surface area contributed by atoms with Crippen molar-refractivity contribution < 1.29 is 0 Å². The minimum absolute atomic E-state index is 0.0367. The Bertz CT molecular complexity index is 1200. The molecule has 1 saturated heterocycles. The van der Waals surface area contributed by atoms with Crippen LogP contribution in [0.2, 0.25) is 5.02 Å². The molecule has 2 aromatic heterocycles. The topological polar surface area (TPSA) is 78.9 Å². The average molecular weight is 568 g/mol. The summed E-state index contributed by atoms with van der Waals surface area (Å²) < 4.78 is 0. The van der Waals surface area contributed by atoms with Crippen molar-refractivity contribution in [3.63, 3.8) is 0 Å². The van der Waals surface area contributed by atoms with Crippen LogP contribution in [-0.4, -0.2) is 44.7 Å². The number of hydrogen-bond acceptors (Lipinski definition) is 7. The van der Waals surface area contributed by atoms with Crippen molar-refractivity contribution in [2.75, 3.05) is 29.9 Å². The molecule has 0 atom stereocenters. The maximum atomic E-state index is 6.18. The van der Waals surface area contributed by atoms with Crippen LogP contribution in [-0.2, 0) is 5.41 Å². The van der Waals surface area contributed by atoms with Crippen molar-refractivity contribution in [1.82, 2.24) is 25.3 Å². The number of anilines is 2. The number of rotatable bonds is 7. The molecule has 1 aliphatic carbocycles. The maximum absolute atomic E-state index is 6.18. The van der Waals surface area contributed by atoms with E-state index in [1.165, 1.54) is 62.3 Å². The van der Waals surface area contributed by atoms with Gasteiger partial charge >= 0.3 is 0 Å². The third kappa shape index (κ3) is 7.12. The molecule has 1 saturated carbocycles. The van der Waals surface area contributed by atoms with Crippen molar-refractivity contribution in [2.45, 2.75) is 73.4 Å². The smallest absolute Gasteiger partial charge is 0.232 e. The molecule has 5 rings (SSSR count). The molecule has 0 amide bonds. The van der Waals surface area contributed by atoms with Gasteiger partial charge in [-0.3, -0.25) is 0 Å². The van der Waals surface area contributed by atoms with E-state index >= 15 is 0 Å². The number of nitrogens with one attached hydrogen (secondary N) is 2. The lowest BCUT2D eigenvalue weighted by Gasteiger charge is -2.38. The average Bonchev–Trinajstić information content (AvgIpc) is 3.23. The summed E-state index contributed by atoms with van der Waals surface area (Å²) in [5.41, 5.74) is 1.35. The molecule has 1 aliphatic heterocycles. The van der Waals surface area contributed by atoms with Crippen LogP contribution in [0.25, 0.3) is 0 Å². The first kappa shape index (κ1) is 27.1. The standard InChI is InChI=1S/C28H34ClN7S2/c29-22-11-9-21(10-12-22)28(13-4-3-5-14-28)20-32-26(37)35-25-33-23(36-17-6-1-2-7-18-36)19-24(34-25)38-27-30-15-8-16-31-27/h8-12,15-16,19H,1-7,13-14,17-18,20H2,(H2,32,33,34,35,37). The summed E-state index contributed by atoms with van der Waals surface area (Å²) in [6, 6.07) is 12.1. The van der Waals surface area contributed by atoms with Gasteiger partial charge in [0, 0.05) is 48.5 Å². The van der Waals surface area contributed by atoms with Crippen LogP contribution in [0.4, 0.5) is 11.8 Å². The Morgan fingerprint density at radius 1 is 0.947 bits per heavy atom. The van der Waals surface area contributed by atoms with Gasteiger partial charge in [-0.25, -0.2) is 15.0 Å². The molecule has 0 bridgehead atoms. The molecule has 200 valence electrons. The number of halogens is 1. The number of aromatic nitrogens is 4. The minimum Gasteiger partial charge on any atom is -0.361 e. The predicted molar refractivity (Wildman–Crippen MR) is 159 cm³/mol. The number of benzene rings is 1. The van der Waals surface area contributed by atoms with Crippen molar-refractivity contribution in [3.05, 3.63) is 59.4 Å². The molecule has 0 radical (unpaired) electrons. The summed E-state index contributed by atoms with van der Waals surface area (Å²) in [5, 5.41) is 9.51. The first-order valence-electron chi connectivity index (χ1n) is 13.5. The summed E-state index contributed by atoms with van der Waals surface area (Å²) in [6.07, 6.45) is 14.3. The Morgan fingerprint density at radius 2 is 1.63 bits per heavy atom. The van der Waals surface area contributed by atoms with Crippen molar-refractivity contribution in [2.24, 2.45) is 0 Å². The Kier molecular flexibility index (Phi) is 9.30. The molecule has 7 nitrogen and oxygen atoms in total. The van der Waals surface area contributed by atoms with Crippen molar-refractivity contribution in [3.8, 4) is 0 Å². The molecule has 2 fully saturated rings. The quantitative estimate of drug-likeness (QED) is 0.185. The summed E-state index contributed by atoms with van der Waals surface area (Å²) in [5.74, 6) is 1.41. The zero-order chi connectivity index (χ0) is 26.2. The largest absolute Gasteiger partial charge is 0.361 e. The van der Waals surface area contributed by atoms with E-state index < -0.39 is 0 Å². The van der Waals surface area contributed by atoms with Gasteiger partial charge in [-0.05, 0) is 73.4 Å². The highest BCUT2D eigenvalue weighted by atomic mass is 35.5. The van der Waals surface area contributed by atoms with Gasteiger partial charge in [0.2, 0.25) is 5.95 Å². The van der Waals surface area contributed by atoms with Gasteiger partial charge in [-0.1, -0.05) is 55.8 Å². The van der Waals surface area contributed by atoms with E-state index in [2.05, 4.69) is 37.6 Å². The summed E-state index contributed by atoms with van der Waals surface area (Å²) in [4.78, 5) is 20.7. The molecule has 10 heteroatoms. The fraction of sp³-hybridized carbons (Fsp3) is 0.464. The maximum Gasteiger partial charge on any atom is 0.232 e. The van der Waals surface area contributed by atoms with E-state index in [0.29, 0.717) is 16.2 Å². The lowest BCUT2D eigenvalue weighted by molar-refractivity contribution is 0.292. The lowest BCUT2D eigenvalue weighted by Crippen LogP contribution is -2.43. The molecule has 0 unspecified atom stereocenters. The van der Waals surface area contributed by atoms with E-state index in [1.54, 1.807) is 12.4 Å². The van der Waals surface area contributed by atoms with Gasteiger partial charge in [0.05, 0.1) is 0 Å². The molecule has 3 aromatic rings.